The van der Waals surface area contributed by atoms with Crippen molar-refractivity contribution >= 4 is 79.9 Å². The molecular formula is C51H30B2N4O4S. The number of hydrogen-bond donors (Lipinski definition) is 4. The van der Waals surface area contributed by atoms with Crippen molar-refractivity contribution in [1.82, 2.24) is 19.5 Å². The van der Waals surface area contributed by atoms with Crippen LogP contribution in [0.1, 0.15) is 0 Å². The zero-order valence-electron chi connectivity index (χ0n) is 32.7. The van der Waals surface area contributed by atoms with Gasteiger partial charge < -0.3 is 25.0 Å². The van der Waals surface area contributed by atoms with Crippen molar-refractivity contribution in [3.8, 4) is 85.1 Å². The molecule has 0 saturated carbocycles. The highest BCUT2D eigenvalue weighted by molar-refractivity contribution is 7.26. The van der Waals surface area contributed by atoms with Crippen molar-refractivity contribution in [2.24, 2.45) is 0 Å². The number of phenolic OH excluding ortho intramolecular Hbond substituents is 4. The van der Waals surface area contributed by atoms with Crippen molar-refractivity contribution < 1.29 is 20.4 Å². The van der Waals surface area contributed by atoms with E-state index in [4.69, 9.17) is 30.6 Å². The maximum absolute atomic E-state index is 11.8. The summed E-state index contributed by atoms with van der Waals surface area (Å²) in [5.41, 5.74) is 6.66. The van der Waals surface area contributed by atoms with Crippen molar-refractivity contribution in [1.29, 1.82) is 0 Å². The largest absolute Gasteiger partial charge is 0.508 e. The molecule has 3 aromatic heterocycles. The first-order valence-electron chi connectivity index (χ1n) is 19.7. The fraction of sp³-hybridized carbons (Fsp3) is 0. The lowest BCUT2D eigenvalue weighted by molar-refractivity contribution is 0.408. The summed E-state index contributed by atoms with van der Waals surface area (Å²) in [5, 5.41) is 47.9. The van der Waals surface area contributed by atoms with E-state index in [-0.39, 0.29) is 44.2 Å². The molecule has 0 bridgehead atoms. The van der Waals surface area contributed by atoms with E-state index < -0.39 is 11.5 Å². The van der Waals surface area contributed by atoms with Gasteiger partial charge in [0.25, 0.3) is 0 Å². The number of thiophene rings is 1. The molecule has 8 nitrogen and oxygen atoms in total. The smallest absolute Gasteiger partial charge is 0.167 e. The summed E-state index contributed by atoms with van der Waals surface area (Å²) in [4.78, 5) is 14.8. The Morgan fingerprint density at radius 3 is 1.73 bits per heavy atom. The van der Waals surface area contributed by atoms with Gasteiger partial charge in [-0.1, -0.05) is 138 Å². The number of phenols is 4. The molecule has 0 unspecified atom stereocenters. The lowest BCUT2D eigenvalue weighted by Crippen LogP contribution is -2.09. The molecule has 0 spiro atoms. The molecule has 0 aliphatic heterocycles. The van der Waals surface area contributed by atoms with Gasteiger partial charge in [0.1, 0.15) is 32.7 Å². The zero-order valence-corrected chi connectivity index (χ0v) is 33.5. The van der Waals surface area contributed by atoms with Gasteiger partial charge in [0, 0.05) is 42.4 Å². The summed E-state index contributed by atoms with van der Waals surface area (Å²) in [5.74, 6) is -0.142. The SMILES string of the molecule is [B]c1cc(O)c2c(c1O)c1c(O)c(O)cc([B])c1n2-c1cc(-c2cccc3c2sc2ccccc23)ccc1-c1cccc(-c2nc(-c3ccccc3)nc(-c3ccccc3)n2)c1. The summed E-state index contributed by atoms with van der Waals surface area (Å²) < 4.78 is 3.98. The third-order valence-electron chi connectivity index (χ3n) is 11.3. The molecule has 0 atom stereocenters. The van der Waals surface area contributed by atoms with Crippen LogP contribution in [0, 0.1) is 0 Å². The average molecular weight is 817 g/mol. The Labute approximate surface area is 361 Å². The fourth-order valence-corrected chi connectivity index (χ4v) is 9.74. The molecule has 11 aromatic rings. The van der Waals surface area contributed by atoms with Crippen LogP contribution < -0.4 is 10.9 Å². The summed E-state index contributed by atoms with van der Waals surface area (Å²) in [6, 6.07) is 50.6. The maximum Gasteiger partial charge on any atom is 0.167 e. The van der Waals surface area contributed by atoms with Gasteiger partial charge in [-0.3, -0.25) is 0 Å². The Morgan fingerprint density at radius 2 is 1.00 bits per heavy atom. The molecule has 0 amide bonds. The van der Waals surface area contributed by atoms with Gasteiger partial charge in [-0.25, -0.2) is 15.0 Å². The second kappa shape index (κ2) is 14.4. The number of benzene rings is 8. The van der Waals surface area contributed by atoms with E-state index in [1.807, 2.05) is 115 Å². The van der Waals surface area contributed by atoms with Crippen LogP contribution >= 0.6 is 11.3 Å². The molecule has 290 valence electrons. The fourth-order valence-electron chi connectivity index (χ4n) is 8.50. The first-order chi connectivity index (χ1) is 30.2. The molecule has 0 saturated heterocycles. The highest BCUT2D eigenvalue weighted by atomic mass is 32.1. The third-order valence-corrected chi connectivity index (χ3v) is 12.6. The van der Waals surface area contributed by atoms with E-state index >= 15 is 0 Å². The lowest BCUT2D eigenvalue weighted by atomic mass is 9.90. The van der Waals surface area contributed by atoms with E-state index in [9.17, 15) is 20.4 Å². The zero-order chi connectivity index (χ0) is 42.2. The second-order valence-corrected chi connectivity index (χ2v) is 16.1. The van der Waals surface area contributed by atoms with Crippen LogP contribution in [0.3, 0.4) is 0 Å². The maximum atomic E-state index is 11.8. The first kappa shape index (κ1) is 37.1. The molecule has 4 N–H and O–H groups in total. The van der Waals surface area contributed by atoms with E-state index in [1.54, 1.807) is 15.9 Å². The van der Waals surface area contributed by atoms with E-state index in [1.165, 1.54) is 12.1 Å². The third kappa shape index (κ3) is 5.89. The van der Waals surface area contributed by atoms with Crippen molar-refractivity contribution in [2.45, 2.75) is 0 Å². The van der Waals surface area contributed by atoms with Crippen LogP contribution in [0.5, 0.6) is 23.0 Å². The summed E-state index contributed by atoms with van der Waals surface area (Å²) in [7, 11) is 13.0. The molecule has 4 radical (unpaired) electrons. The van der Waals surface area contributed by atoms with Gasteiger partial charge in [-0.05, 0) is 47.0 Å². The minimum Gasteiger partial charge on any atom is -0.508 e. The molecule has 11 heteroatoms. The predicted molar refractivity (Wildman–Crippen MR) is 252 cm³/mol. The molecule has 62 heavy (non-hydrogen) atoms. The van der Waals surface area contributed by atoms with Crippen LogP contribution in [0.15, 0.2) is 158 Å². The minimum atomic E-state index is -0.522. The summed E-state index contributed by atoms with van der Waals surface area (Å²) in [6.45, 7) is 0. The van der Waals surface area contributed by atoms with Gasteiger partial charge in [-0.2, -0.15) is 0 Å². The van der Waals surface area contributed by atoms with Crippen LogP contribution in [0.2, 0.25) is 0 Å². The van der Waals surface area contributed by atoms with Gasteiger partial charge in [0.2, 0.25) is 0 Å². The van der Waals surface area contributed by atoms with E-state index in [2.05, 4.69) is 30.3 Å². The Hall–Kier alpha value is -7.88. The number of aromatic hydroxyl groups is 4. The van der Waals surface area contributed by atoms with Crippen molar-refractivity contribution in [2.75, 3.05) is 0 Å². The normalized spacial score (nSPS) is 11.6. The van der Waals surface area contributed by atoms with Crippen molar-refractivity contribution in [3.63, 3.8) is 0 Å². The highest BCUT2D eigenvalue weighted by Gasteiger charge is 2.27. The van der Waals surface area contributed by atoms with Gasteiger partial charge in [-0.15, -0.1) is 11.3 Å². The minimum absolute atomic E-state index is 0.0291. The molecule has 8 aromatic carbocycles. The Balaban J connectivity index is 1.20. The van der Waals surface area contributed by atoms with Crippen LogP contribution in [0.4, 0.5) is 0 Å². The van der Waals surface area contributed by atoms with Crippen molar-refractivity contribution in [3.05, 3.63) is 158 Å². The highest BCUT2D eigenvalue weighted by Crippen LogP contribution is 2.48. The second-order valence-electron chi connectivity index (χ2n) is 15.1. The van der Waals surface area contributed by atoms with Gasteiger partial charge >= 0.3 is 0 Å². The molecule has 3 heterocycles. The number of hydrogen-bond acceptors (Lipinski definition) is 8. The van der Waals surface area contributed by atoms with E-state index in [0.29, 0.717) is 28.7 Å². The van der Waals surface area contributed by atoms with Gasteiger partial charge in [0.15, 0.2) is 29.0 Å². The topological polar surface area (TPSA) is 125 Å². The lowest BCUT2D eigenvalue weighted by Gasteiger charge is -2.18. The molecule has 0 aliphatic rings. The Bertz CT molecular complexity index is 3480. The summed E-state index contributed by atoms with van der Waals surface area (Å²) in [6.07, 6.45) is 0. The average Bonchev–Trinajstić information content (AvgIpc) is 3.88. The number of nitrogens with zero attached hydrogens (tertiary/aromatic N) is 4. The van der Waals surface area contributed by atoms with E-state index in [0.717, 1.165) is 53.6 Å². The van der Waals surface area contributed by atoms with Gasteiger partial charge in [0.05, 0.1) is 22.0 Å². The van der Waals surface area contributed by atoms with Crippen LogP contribution in [0.25, 0.3) is 104 Å². The molecule has 11 rings (SSSR count). The predicted octanol–water partition coefficient (Wildman–Crippen LogP) is 10.1. The monoisotopic (exact) mass is 816 g/mol. The molecule has 0 fully saturated rings. The van der Waals surface area contributed by atoms with Crippen LogP contribution in [-0.2, 0) is 0 Å². The number of fused-ring (bicyclic) bond motifs is 6. The number of aromatic nitrogens is 4. The molecular weight excluding hydrogens is 786 g/mol. The Morgan fingerprint density at radius 1 is 0.435 bits per heavy atom. The first-order valence-corrected chi connectivity index (χ1v) is 20.6. The number of rotatable bonds is 6. The molecule has 0 aliphatic carbocycles. The standard InChI is InChI=1S/C51H30B2N4O4S/c52-36-25-40(59)47(61)42-43-45(39(58)26-37(53)46(43)60)57(44(36)42)38-24-30(33-18-10-19-35-34-17-7-8-20-41(34)62-48(33)35)21-22-32(38)29-15-9-16-31(23-29)51-55-49(27-11-3-1-4-12-27)54-50(56-51)28-13-5-2-6-14-28/h1-26,58-61H. The quantitative estimate of drug-likeness (QED) is 0.0748. The summed E-state index contributed by atoms with van der Waals surface area (Å²) >= 11 is 1.71. The Kier molecular flexibility index (Phi) is 8.62. The van der Waals surface area contributed by atoms with Crippen LogP contribution in [-0.4, -0.2) is 55.6 Å².